The van der Waals surface area contributed by atoms with Crippen LogP contribution in [-0.2, 0) is 29.0 Å². The Bertz CT molecular complexity index is 1240. The maximum absolute atomic E-state index is 12.7. The van der Waals surface area contributed by atoms with E-state index in [0.29, 0.717) is 35.8 Å². The van der Waals surface area contributed by atoms with Crippen LogP contribution in [0.5, 0.6) is 5.75 Å². The number of benzene rings is 1. The highest BCUT2D eigenvalue weighted by molar-refractivity contribution is 7.16. The Kier molecular flexibility index (Phi) is 6.81. The van der Waals surface area contributed by atoms with Crippen LogP contribution in [0.2, 0.25) is 0 Å². The molecule has 3 aromatic rings. The number of hydrogen-bond donors (Lipinski definition) is 1. The summed E-state index contributed by atoms with van der Waals surface area (Å²) in [5, 5.41) is 13.0. The highest BCUT2D eigenvalue weighted by Crippen LogP contribution is 2.36. The summed E-state index contributed by atoms with van der Waals surface area (Å²) in [6, 6.07) is 13.3. The van der Waals surface area contributed by atoms with Gasteiger partial charge in [0.15, 0.2) is 0 Å². The lowest BCUT2D eigenvalue weighted by Crippen LogP contribution is -2.36. The summed E-state index contributed by atoms with van der Waals surface area (Å²) in [7, 11) is 1.58. The largest absolute Gasteiger partial charge is 0.496 e. The molecular formula is C25H22N4O3S. The van der Waals surface area contributed by atoms with E-state index in [1.165, 1.54) is 17.4 Å². The van der Waals surface area contributed by atoms with Crippen molar-refractivity contribution in [2.45, 2.75) is 19.4 Å². The summed E-state index contributed by atoms with van der Waals surface area (Å²) in [6.07, 6.45) is 7.33. The fraction of sp³-hybridized carbons (Fsp3) is 0.200. The van der Waals surface area contributed by atoms with Gasteiger partial charge < -0.3 is 15.0 Å². The van der Waals surface area contributed by atoms with Gasteiger partial charge in [-0.05, 0) is 35.8 Å². The molecule has 3 heterocycles. The molecule has 0 saturated heterocycles. The molecular weight excluding hydrogens is 436 g/mol. The second-order valence-electron chi connectivity index (χ2n) is 7.49. The Hall–Kier alpha value is -3.96. The van der Waals surface area contributed by atoms with Gasteiger partial charge in [0.05, 0.1) is 25.6 Å². The van der Waals surface area contributed by atoms with Crippen LogP contribution in [0.1, 0.15) is 27.1 Å². The molecule has 0 unspecified atom stereocenters. The molecule has 8 heteroatoms. The van der Waals surface area contributed by atoms with Crippen molar-refractivity contribution in [3.63, 3.8) is 0 Å². The van der Waals surface area contributed by atoms with E-state index in [-0.39, 0.29) is 18.2 Å². The number of carbonyl (C=O) groups excluding carboxylic acids is 2. The molecule has 7 nitrogen and oxygen atoms in total. The molecule has 0 atom stereocenters. The molecule has 1 aliphatic heterocycles. The number of nitrogens with zero attached hydrogens (tertiary/aromatic N) is 3. The van der Waals surface area contributed by atoms with Crippen molar-refractivity contribution < 1.29 is 14.3 Å². The number of thiophene rings is 1. The van der Waals surface area contributed by atoms with Crippen LogP contribution in [-0.4, -0.2) is 35.4 Å². The highest BCUT2D eigenvalue weighted by Gasteiger charge is 2.27. The molecule has 1 N–H and O–H groups in total. The van der Waals surface area contributed by atoms with Gasteiger partial charge in [-0.2, -0.15) is 5.26 Å². The number of methoxy groups -OCH3 is 1. The quantitative estimate of drug-likeness (QED) is 0.567. The third-order valence-corrected chi connectivity index (χ3v) is 6.52. The number of fused-ring (bicyclic) bond motifs is 1. The lowest BCUT2D eigenvalue weighted by atomic mass is 10.0. The van der Waals surface area contributed by atoms with Crippen molar-refractivity contribution in [1.82, 2.24) is 9.88 Å². The van der Waals surface area contributed by atoms with Crippen LogP contribution in [0.4, 0.5) is 5.00 Å². The number of anilines is 1. The Morgan fingerprint density at radius 3 is 2.91 bits per heavy atom. The number of carbonyl (C=O) groups is 2. The minimum Gasteiger partial charge on any atom is -0.496 e. The standard InChI is InChI=1S/C25H22N4O3S/c1-32-21-7-3-2-6-18(21)8-9-23(30)28-25-20(14-26)19-10-12-29(16-22(19)33-25)24(31)13-17-5-4-11-27-15-17/h2-9,11,15H,10,12-13,16H2,1H3,(H,28,30)/b9-8+. The Morgan fingerprint density at radius 2 is 2.15 bits per heavy atom. The first-order valence-corrected chi connectivity index (χ1v) is 11.2. The van der Waals surface area contributed by atoms with E-state index < -0.39 is 0 Å². The maximum Gasteiger partial charge on any atom is 0.249 e. The summed E-state index contributed by atoms with van der Waals surface area (Å²) in [4.78, 5) is 32.1. The van der Waals surface area contributed by atoms with Gasteiger partial charge in [0, 0.05) is 35.5 Å². The highest BCUT2D eigenvalue weighted by atomic mass is 32.1. The summed E-state index contributed by atoms with van der Waals surface area (Å²) < 4.78 is 5.29. The monoisotopic (exact) mass is 458 g/mol. The number of amides is 2. The van der Waals surface area contributed by atoms with Crippen molar-refractivity contribution in [2.24, 2.45) is 0 Å². The minimum atomic E-state index is -0.333. The molecule has 0 aliphatic carbocycles. The van der Waals surface area contributed by atoms with E-state index in [1.54, 1.807) is 30.5 Å². The molecule has 0 spiro atoms. The van der Waals surface area contributed by atoms with Crippen molar-refractivity contribution in [3.05, 3.63) is 82.0 Å². The molecule has 0 fully saturated rings. The van der Waals surface area contributed by atoms with E-state index in [2.05, 4.69) is 16.4 Å². The van der Waals surface area contributed by atoms with E-state index >= 15 is 0 Å². The van der Waals surface area contributed by atoms with Crippen LogP contribution in [0.3, 0.4) is 0 Å². The minimum absolute atomic E-state index is 0.0193. The third kappa shape index (κ3) is 5.10. The van der Waals surface area contributed by atoms with Gasteiger partial charge in [-0.3, -0.25) is 14.6 Å². The van der Waals surface area contributed by atoms with Crippen LogP contribution in [0, 0.1) is 11.3 Å². The van der Waals surface area contributed by atoms with Crippen LogP contribution in [0.25, 0.3) is 6.08 Å². The average molecular weight is 459 g/mol. The fourth-order valence-electron chi connectivity index (χ4n) is 3.73. The van der Waals surface area contributed by atoms with Crippen molar-refractivity contribution in [1.29, 1.82) is 5.26 Å². The molecule has 33 heavy (non-hydrogen) atoms. The Balaban J connectivity index is 1.46. The molecule has 1 aromatic carbocycles. The van der Waals surface area contributed by atoms with Crippen LogP contribution >= 0.6 is 11.3 Å². The smallest absolute Gasteiger partial charge is 0.249 e. The zero-order valence-corrected chi connectivity index (χ0v) is 18.9. The van der Waals surface area contributed by atoms with Gasteiger partial charge in [0.1, 0.15) is 16.8 Å². The van der Waals surface area contributed by atoms with Gasteiger partial charge in [-0.15, -0.1) is 11.3 Å². The van der Waals surface area contributed by atoms with Crippen molar-refractivity contribution in [2.75, 3.05) is 19.0 Å². The normalized spacial score (nSPS) is 12.8. The number of aromatic nitrogens is 1. The topological polar surface area (TPSA) is 95.3 Å². The summed E-state index contributed by atoms with van der Waals surface area (Å²) in [6.45, 7) is 0.972. The molecule has 166 valence electrons. The summed E-state index contributed by atoms with van der Waals surface area (Å²) in [5.41, 5.74) is 3.04. The van der Waals surface area contributed by atoms with Gasteiger partial charge in [-0.25, -0.2) is 0 Å². The number of ether oxygens (including phenoxy) is 1. The van der Waals surface area contributed by atoms with Gasteiger partial charge in [0.2, 0.25) is 11.8 Å². The van der Waals surface area contributed by atoms with Gasteiger partial charge >= 0.3 is 0 Å². The number of hydrogen-bond acceptors (Lipinski definition) is 6. The first-order valence-electron chi connectivity index (χ1n) is 10.4. The number of para-hydroxylation sites is 1. The molecule has 0 saturated carbocycles. The summed E-state index contributed by atoms with van der Waals surface area (Å²) >= 11 is 1.35. The molecule has 2 amide bonds. The first kappa shape index (κ1) is 22.2. The third-order valence-electron chi connectivity index (χ3n) is 5.39. The van der Waals surface area contributed by atoms with E-state index in [0.717, 1.165) is 21.6 Å². The molecule has 0 bridgehead atoms. The van der Waals surface area contributed by atoms with Crippen LogP contribution in [0.15, 0.2) is 54.9 Å². The van der Waals surface area contributed by atoms with E-state index in [9.17, 15) is 14.9 Å². The Morgan fingerprint density at radius 1 is 1.30 bits per heavy atom. The van der Waals surface area contributed by atoms with Gasteiger partial charge in [0.25, 0.3) is 0 Å². The molecule has 0 radical (unpaired) electrons. The van der Waals surface area contributed by atoms with E-state index in [4.69, 9.17) is 4.74 Å². The van der Waals surface area contributed by atoms with E-state index in [1.807, 2.05) is 36.4 Å². The van der Waals surface area contributed by atoms with Gasteiger partial charge in [-0.1, -0.05) is 24.3 Å². The second kappa shape index (κ2) is 10.1. The zero-order valence-electron chi connectivity index (χ0n) is 18.1. The van der Waals surface area contributed by atoms with Crippen molar-refractivity contribution >= 4 is 34.2 Å². The zero-order chi connectivity index (χ0) is 23.2. The average Bonchev–Trinajstić information content (AvgIpc) is 3.19. The van der Waals surface area contributed by atoms with Crippen molar-refractivity contribution in [3.8, 4) is 11.8 Å². The summed E-state index contributed by atoms with van der Waals surface area (Å²) in [5.74, 6) is 0.355. The molecule has 1 aliphatic rings. The number of rotatable bonds is 6. The Labute approximate surface area is 195 Å². The second-order valence-corrected chi connectivity index (χ2v) is 8.59. The predicted molar refractivity (Wildman–Crippen MR) is 127 cm³/mol. The lowest BCUT2D eigenvalue weighted by molar-refractivity contribution is -0.131. The molecule has 2 aromatic heterocycles. The lowest BCUT2D eigenvalue weighted by Gasteiger charge is -2.27. The molecule has 4 rings (SSSR count). The number of nitriles is 1. The number of pyridine rings is 1. The fourth-order valence-corrected chi connectivity index (χ4v) is 4.95. The van der Waals surface area contributed by atoms with Crippen LogP contribution < -0.4 is 10.1 Å². The SMILES string of the molecule is COc1ccccc1/C=C/C(=O)Nc1sc2c(c1C#N)CCN(C(=O)Cc1cccnc1)C2. The predicted octanol–water partition coefficient (Wildman–Crippen LogP) is 3.80. The number of nitrogens with one attached hydrogen (secondary N) is 1. The maximum atomic E-state index is 12.7. The first-order chi connectivity index (χ1) is 16.1.